The smallest absolute Gasteiger partial charge is 0.253 e. The first-order valence-electron chi connectivity index (χ1n) is 10.1. The molecular weight excluding hydrogens is 364 g/mol. The molecule has 1 fully saturated rings. The van der Waals surface area contributed by atoms with Crippen LogP contribution in [0.2, 0.25) is 0 Å². The van der Waals surface area contributed by atoms with E-state index >= 15 is 0 Å². The molecule has 0 atom stereocenters. The van der Waals surface area contributed by atoms with Crippen molar-refractivity contribution in [3.63, 3.8) is 0 Å². The lowest BCUT2D eigenvalue weighted by Gasteiger charge is -2.30. The SMILES string of the molecule is CC1CCN(Cc2cccc(CNC(=O)c3ccccc3-n3cnnn3)c2)CC1. The van der Waals surface area contributed by atoms with Gasteiger partial charge in [-0.3, -0.25) is 9.69 Å². The minimum absolute atomic E-state index is 0.147. The second-order valence-electron chi connectivity index (χ2n) is 7.73. The number of carbonyl (C=O) groups excluding carboxylic acids is 1. The Hall–Kier alpha value is -3.06. The highest BCUT2D eigenvalue weighted by Crippen LogP contribution is 2.19. The summed E-state index contributed by atoms with van der Waals surface area (Å²) in [4.78, 5) is 15.3. The maximum atomic E-state index is 12.8. The summed E-state index contributed by atoms with van der Waals surface area (Å²) in [6.45, 7) is 6.11. The molecule has 1 aliphatic heterocycles. The molecule has 1 amide bonds. The molecule has 7 nitrogen and oxygen atoms in total. The number of amides is 1. The number of hydrogen-bond acceptors (Lipinski definition) is 5. The number of para-hydroxylation sites is 1. The summed E-state index contributed by atoms with van der Waals surface area (Å²) in [6.07, 6.45) is 4.03. The molecule has 0 spiro atoms. The van der Waals surface area contributed by atoms with Crippen molar-refractivity contribution in [2.24, 2.45) is 5.92 Å². The lowest BCUT2D eigenvalue weighted by molar-refractivity contribution is 0.0950. The predicted octanol–water partition coefficient (Wildman–Crippen LogP) is 2.82. The van der Waals surface area contributed by atoms with Crippen molar-refractivity contribution >= 4 is 5.91 Å². The first kappa shape index (κ1) is 19.3. The summed E-state index contributed by atoms with van der Waals surface area (Å²) in [5.41, 5.74) is 3.59. The number of nitrogens with one attached hydrogen (secondary N) is 1. The van der Waals surface area contributed by atoms with Gasteiger partial charge in [-0.25, -0.2) is 0 Å². The van der Waals surface area contributed by atoms with E-state index in [0.717, 1.165) is 31.1 Å². The quantitative estimate of drug-likeness (QED) is 0.700. The molecule has 1 N–H and O–H groups in total. The zero-order valence-electron chi connectivity index (χ0n) is 16.7. The van der Waals surface area contributed by atoms with E-state index in [-0.39, 0.29) is 5.91 Å². The lowest BCUT2D eigenvalue weighted by Crippen LogP contribution is -2.32. The predicted molar refractivity (Wildman–Crippen MR) is 110 cm³/mol. The van der Waals surface area contributed by atoms with Gasteiger partial charge in [-0.15, -0.1) is 5.10 Å². The summed E-state index contributed by atoms with van der Waals surface area (Å²) in [6, 6.07) is 15.8. The molecule has 150 valence electrons. The second-order valence-corrected chi connectivity index (χ2v) is 7.73. The monoisotopic (exact) mass is 390 g/mol. The van der Waals surface area contributed by atoms with E-state index < -0.39 is 0 Å². The molecule has 2 heterocycles. The standard InChI is InChI=1S/C22H26N6O/c1-17-9-11-27(12-10-17)15-19-6-4-5-18(13-19)14-23-22(29)20-7-2-3-8-21(20)28-16-24-25-26-28/h2-8,13,16-17H,9-12,14-15H2,1H3,(H,23,29). The Balaban J connectivity index is 1.39. The van der Waals surface area contributed by atoms with E-state index in [9.17, 15) is 4.79 Å². The molecule has 0 bridgehead atoms. The first-order valence-corrected chi connectivity index (χ1v) is 10.1. The van der Waals surface area contributed by atoms with Gasteiger partial charge in [0.25, 0.3) is 5.91 Å². The number of rotatable bonds is 6. The maximum absolute atomic E-state index is 12.8. The maximum Gasteiger partial charge on any atom is 0.253 e. The van der Waals surface area contributed by atoms with Gasteiger partial charge in [0.15, 0.2) is 0 Å². The van der Waals surface area contributed by atoms with Gasteiger partial charge < -0.3 is 5.32 Å². The third kappa shape index (κ3) is 4.86. The van der Waals surface area contributed by atoms with Gasteiger partial charge in [-0.2, -0.15) is 4.68 Å². The Kier molecular flexibility index (Phi) is 5.95. The summed E-state index contributed by atoms with van der Waals surface area (Å²) < 4.78 is 1.50. The first-order chi connectivity index (χ1) is 14.2. The molecule has 2 aromatic carbocycles. The topological polar surface area (TPSA) is 75.9 Å². The average Bonchev–Trinajstić information content (AvgIpc) is 3.29. The lowest BCUT2D eigenvalue weighted by atomic mass is 9.98. The van der Waals surface area contributed by atoms with Gasteiger partial charge >= 0.3 is 0 Å². The third-order valence-electron chi connectivity index (χ3n) is 5.47. The number of piperidine rings is 1. The Bertz CT molecular complexity index is 947. The number of nitrogens with zero attached hydrogens (tertiary/aromatic N) is 5. The Morgan fingerprint density at radius 3 is 2.69 bits per heavy atom. The van der Waals surface area contributed by atoms with Crippen LogP contribution in [-0.2, 0) is 13.1 Å². The average molecular weight is 390 g/mol. The van der Waals surface area contributed by atoms with Gasteiger partial charge in [0.2, 0.25) is 0 Å². The minimum Gasteiger partial charge on any atom is -0.348 e. The molecule has 0 unspecified atom stereocenters. The fraction of sp³-hybridized carbons (Fsp3) is 0.364. The van der Waals surface area contributed by atoms with Crippen molar-refractivity contribution in [1.29, 1.82) is 0 Å². The van der Waals surface area contributed by atoms with Crippen LogP contribution in [0.3, 0.4) is 0 Å². The fourth-order valence-corrected chi connectivity index (χ4v) is 3.73. The van der Waals surface area contributed by atoms with Crippen LogP contribution in [0.15, 0.2) is 54.9 Å². The van der Waals surface area contributed by atoms with Gasteiger partial charge in [-0.1, -0.05) is 43.3 Å². The van der Waals surface area contributed by atoms with Crippen molar-refractivity contribution in [1.82, 2.24) is 30.4 Å². The van der Waals surface area contributed by atoms with Crippen LogP contribution in [0.25, 0.3) is 5.69 Å². The summed E-state index contributed by atoms with van der Waals surface area (Å²) in [7, 11) is 0. The third-order valence-corrected chi connectivity index (χ3v) is 5.47. The van der Waals surface area contributed by atoms with Crippen LogP contribution in [0, 0.1) is 5.92 Å². The zero-order chi connectivity index (χ0) is 20.1. The molecule has 1 aromatic heterocycles. The van der Waals surface area contributed by atoms with Gasteiger partial charge in [0.05, 0.1) is 11.3 Å². The van der Waals surface area contributed by atoms with Crippen LogP contribution in [-0.4, -0.2) is 44.1 Å². The molecular formula is C22H26N6O. The summed E-state index contributed by atoms with van der Waals surface area (Å²) in [5, 5.41) is 14.2. The molecule has 0 saturated carbocycles. The van der Waals surface area contributed by atoms with Crippen molar-refractivity contribution in [3.05, 3.63) is 71.5 Å². The van der Waals surface area contributed by atoms with Crippen molar-refractivity contribution in [3.8, 4) is 5.69 Å². The molecule has 1 saturated heterocycles. The van der Waals surface area contributed by atoms with Gasteiger partial charge in [0, 0.05) is 13.1 Å². The minimum atomic E-state index is -0.147. The molecule has 0 radical (unpaired) electrons. The number of hydrogen-bond donors (Lipinski definition) is 1. The van der Waals surface area contributed by atoms with Crippen molar-refractivity contribution < 1.29 is 4.79 Å². The highest BCUT2D eigenvalue weighted by Gasteiger charge is 2.16. The normalized spacial score (nSPS) is 15.3. The Labute approximate surface area is 170 Å². The molecule has 0 aliphatic carbocycles. The number of benzene rings is 2. The number of likely N-dealkylation sites (tertiary alicyclic amines) is 1. The van der Waals surface area contributed by atoms with E-state index in [1.807, 2.05) is 18.2 Å². The molecule has 4 rings (SSSR count). The Morgan fingerprint density at radius 2 is 1.90 bits per heavy atom. The second kappa shape index (κ2) is 8.96. The van der Waals surface area contributed by atoms with Crippen LogP contribution in [0.5, 0.6) is 0 Å². The number of tetrazole rings is 1. The molecule has 7 heteroatoms. The van der Waals surface area contributed by atoms with Gasteiger partial charge in [0.1, 0.15) is 6.33 Å². The molecule has 1 aliphatic rings. The Morgan fingerprint density at radius 1 is 1.10 bits per heavy atom. The van der Waals surface area contributed by atoms with E-state index in [1.165, 1.54) is 29.4 Å². The molecule has 29 heavy (non-hydrogen) atoms. The summed E-state index contributed by atoms with van der Waals surface area (Å²) in [5.74, 6) is 0.690. The largest absolute Gasteiger partial charge is 0.348 e. The number of carbonyl (C=O) groups is 1. The van der Waals surface area contributed by atoms with Crippen LogP contribution in [0.1, 0.15) is 41.3 Å². The van der Waals surface area contributed by atoms with E-state index in [2.05, 4.69) is 56.9 Å². The van der Waals surface area contributed by atoms with E-state index in [0.29, 0.717) is 17.8 Å². The van der Waals surface area contributed by atoms with Crippen LogP contribution < -0.4 is 5.32 Å². The van der Waals surface area contributed by atoms with Crippen LogP contribution >= 0.6 is 0 Å². The fourth-order valence-electron chi connectivity index (χ4n) is 3.73. The number of aromatic nitrogens is 4. The van der Waals surface area contributed by atoms with Crippen LogP contribution in [0.4, 0.5) is 0 Å². The zero-order valence-corrected chi connectivity index (χ0v) is 16.7. The molecule has 3 aromatic rings. The van der Waals surface area contributed by atoms with Crippen molar-refractivity contribution in [2.45, 2.75) is 32.9 Å². The summed E-state index contributed by atoms with van der Waals surface area (Å²) >= 11 is 0. The van der Waals surface area contributed by atoms with E-state index in [1.54, 1.807) is 6.07 Å². The highest BCUT2D eigenvalue weighted by atomic mass is 16.1. The van der Waals surface area contributed by atoms with E-state index in [4.69, 9.17) is 0 Å². The van der Waals surface area contributed by atoms with Gasteiger partial charge in [-0.05, 0) is 65.5 Å². The van der Waals surface area contributed by atoms with Crippen molar-refractivity contribution in [2.75, 3.05) is 13.1 Å². The highest BCUT2D eigenvalue weighted by molar-refractivity contribution is 5.97.